The summed E-state index contributed by atoms with van der Waals surface area (Å²) in [4.78, 5) is 0. The highest BCUT2D eigenvalue weighted by atomic mass is 79.9. The minimum Gasteiger partial charge on any atom is -0.454 e. The Morgan fingerprint density at radius 2 is 2.20 bits per heavy atom. The summed E-state index contributed by atoms with van der Waals surface area (Å²) < 4.78 is 6.62. The molecule has 1 aromatic heterocycles. The molecule has 1 fully saturated rings. The molecule has 1 spiro atoms. The summed E-state index contributed by atoms with van der Waals surface area (Å²) in [5.74, 6) is 1.19. The third kappa shape index (κ3) is 1.48. The highest BCUT2D eigenvalue weighted by molar-refractivity contribution is 9.10. The smallest absolute Gasteiger partial charge is 0.169 e. The van der Waals surface area contributed by atoms with E-state index in [1.165, 1.54) is 37.0 Å². The van der Waals surface area contributed by atoms with Gasteiger partial charge in [0, 0.05) is 23.6 Å². The van der Waals surface area contributed by atoms with Gasteiger partial charge in [0.15, 0.2) is 4.67 Å². The zero-order chi connectivity index (χ0) is 10.5. The first-order chi connectivity index (χ1) is 7.20. The van der Waals surface area contributed by atoms with Gasteiger partial charge in [-0.1, -0.05) is 12.8 Å². The van der Waals surface area contributed by atoms with E-state index in [0.717, 1.165) is 11.1 Å². The molecule has 1 atom stereocenters. The lowest BCUT2D eigenvalue weighted by Gasteiger charge is -2.37. The van der Waals surface area contributed by atoms with Crippen molar-refractivity contribution in [2.75, 3.05) is 0 Å². The minimum absolute atomic E-state index is 0.225. The molecule has 1 aromatic rings. The van der Waals surface area contributed by atoms with Crippen LogP contribution < -0.4 is 5.32 Å². The second kappa shape index (κ2) is 3.36. The quantitative estimate of drug-likeness (QED) is 0.782. The van der Waals surface area contributed by atoms with Crippen molar-refractivity contribution in [3.05, 3.63) is 22.1 Å². The monoisotopic (exact) mass is 269 g/mol. The van der Waals surface area contributed by atoms with E-state index in [4.69, 9.17) is 4.42 Å². The Kier molecular flexibility index (Phi) is 2.22. The Hall–Kier alpha value is -0.280. The molecule has 1 aliphatic heterocycles. The van der Waals surface area contributed by atoms with E-state index in [2.05, 4.69) is 34.2 Å². The molecular weight excluding hydrogens is 254 g/mol. The number of fused-ring (bicyclic) bond motifs is 2. The van der Waals surface area contributed by atoms with E-state index in [1.807, 2.05) is 0 Å². The summed E-state index contributed by atoms with van der Waals surface area (Å²) in [5.41, 5.74) is 1.63. The first kappa shape index (κ1) is 9.91. The maximum Gasteiger partial charge on any atom is 0.169 e. The van der Waals surface area contributed by atoms with E-state index in [-0.39, 0.29) is 5.54 Å². The third-order valence-electron chi connectivity index (χ3n) is 3.77. The molecule has 0 radical (unpaired) electrons. The lowest BCUT2D eigenvalue weighted by atomic mass is 9.83. The molecule has 1 unspecified atom stereocenters. The molecule has 3 rings (SSSR count). The predicted octanol–water partition coefficient (Wildman–Crippen LogP) is 3.35. The number of halogens is 1. The number of hydrogen-bond donors (Lipinski definition) is 1. The number of rotatable bonds is 0. The zero-order valence-corrected chi connectivity index (χ0v) is 10.6. The van der Waals surface area contributed by atoms with E-state index in [1.54, 1.807) is 0 Å². The van der Waals surface area contributed by atoms with Gasteiger partial charge in [0.25, 0.3) is 0 Å². The maximum atomic E-state index is 5.74. The van der Waals surface area contributed by atoms with Crippen LogP contribution >= 0.6 is 15.9 Å². The number of hydrogen-bond acceptors (Lipinski definition) is 2. The van der Waals surface area contributed by atoms with Crippen LogP contribution in [0.3, 0.4) is 0 Å². The van der Waals surface area contributed by atoms with Crippen LogP contribution in [0.25, 0.3) is 0 Å². The first-order valence-corrected chi connectivity index (χ1v) is 6.55. The van der Waals surface area contributed by atoms with Gasteiger partial charge in [0.2, 0.25) is 0 Å². The van der Waals surface area contributed by atoms with Crippen LogP contribution in [-0.4, -0.2) is 6.04 Å². The fraction of sp³-hybridized carbons (Fsp3) is 0.667. The van der Waals surface area contributed by atoms with Crippen molar-refractivity contribution < 1.29 is 4.42 Å². The molecule has 1 N–H and O–H groups in total. The second-order valence-electron chi connectivity index (χ2n) is 4.93. The van der Waals surface area contributed by atoms with Crippen LogP contribution in [0.2, 0.25) is 0 Å². The highest BCUT2D eigenvalue weighted by Gasteiger charge is 2.42. The van der Waals surface area contributed by atoms with E-state index in [0.29, 0.717) is 6.04 Å². The van der Waals surface area contributed by atoms with Gasteiger partial charge < -0.3 is 9.73 Å². The summed E-state index contributed by atoms with van der Waals surface area (Å²) >= 11 is 3.45. The van der Waals surface area contributed by atoms with Crippen molar-refractivity contribution in [3.8, 4) is 0 Å². The SMILES string of the molecule is CC1Cc2oc(Br)cc2C2(CCCC2)N1. The zero-order valence-electron chi connectivity index (χ0n) is 8.98. The lowest BCUT2D eigenvalue weighted by Crippen LogP contribution is -2.49. The van der Waals surface area contributed by atoms with Crippen LogP contribution in [0.5, 0.6) is 0 Å². The topological polar surface area (TPSA) is 25.2 Å². The van der Waals surface area contributed by atoms with Crippen molar-refractivity contribution in [1.29, 1.82) is 0 Å². The molecule has 2 heterocycles. The molecular formula is C12H16BrNO. The molecule has 82 valence electrons. The van der Waals surface area contributed by atoms with Crippen LogP contribution in [0, 0.1) is 0 Å². The van der Waals surface area contributed by atoms with Crippen molar-refractivity contribution in [1.82, 2.24) is 5.32 Å². The summed E-state index contributed by atoms with van der Waals surface area (Å²) in [5, 5.41) is 3.78. The Balaban J connectivity index is 2.09. The fourth-order valence-corrected chi connectivity index (χ4v) is 3.65. The number of nitrogens with one attached hydrogen (secondary N) is 1. The minimum atomic E-state index is 0.225. The van der Waals surface area contributed by atoms with Gasteiger partial charge in [-0.25, -0.2) is 0 Å². The maximum absolute atomic E-state index is 5.74. The molecule has 2 aliphatic rings. The molecule has 0 amide bonds. The van der Waals surface area contributed by atoms with Crippen molar-refractivity contribution in [2.24, 2.45) is 0 Å². The Labute approximate surface area is 98.6 Å². The first-order valence-electron chi connectivity index (χ1n) is 5.76. The van der Waals surface area contributed by atoms with Crippen molar-refractivity contribution in [3.63, 3.8) is 0 Å². The van der Waals surface area contributed by atoms with E-state index >= 15 is 0 Å². The van der Waals surface area contributed by atoms with Gasteiger partial charge >= 0.3 is 0 Å². The largest absolute Gasteiger partial charge is 0.454 e. The Morgan fingerprint density at radius 3 is 2.93 bits per heavy atom. The molecule has 0 saturated heterocycles. The molecule has 0 aromatic carbocycles. The summed E-state index contributed by atoms with van der Waals surface area (Å²) in [6, 6.07) is 2.70. The highest BCUT2D eigenvalue weighted by Crippen LogP contribution is 2.45. The standard InChI is InChI=1S/C12H16BrNO/c1-8-6-10-9(7-11(13)15-10)12(14-8)4-2-3-5-12/h7-8,14H,2-6H2,1H3. The average Bonchev–Trinajstić information content (AvgIpc) is 2.73. The second-order valence-corrected chi connectivity index (χ2v) is 5.71. The van der Waals surface area contributed by atoms with Gasteiger partial charge in [-0.05, 0) is 41.8 Å². The Morgan fingerprint density at radius 1 is 1.47 bits per heavy atom. The normalized spacial score (nSPS) is 28.3. The fourth-order valence-electron chi connectivity index (χ4n) is 3.22. The van der Waals surface area contributed by atoms with Gasteiger partial charge in [-0.2, -0.15) is 0 Å². The van der Waals surface area contributed by atoms with Crippen LogP contribution in [0.15, 0.2) is 15.2 Å². The lowest BCUT2D eigenvalue weighted by molar-refractivity contribution is 0.261. The summed E-state index contributed by atoms with van der Waals surface area (Å²) in [7, 11) is 0. The molecule has 1 saturated carbocycles. The third-order valence-corrected chi connectivity index (χ3v) is 4.16. The molecule has 0 bridgehead atoms. The van der Waals surface area contributed by atoms with Crippen molar-refractivity contribution >= 4 is 15.9 Å². The molecule has 3 heteroatoms. The van der Waals surface area contributed by atoms with E-state index in [9.17, 15) is 0 Å². The average molecular weight is 270 g/mol. The summed E-state index contributed by atoms with van der Waals surface area (Å²) in [6.07, 6.45) is 6.21. The van der Waals surface area contributed by atoms with Gasteiger partial charge in [0.1, 0.15) is 5.76 Å². The van der Waals surface area contributed by atoms with Crippen LogP contribution in [-0.2, 0) is 12.0 Å². The number of furan rings is 1. The van der Waals surface area contributed by atoms with Crippen molar-refractivity contribution in [2.45, 2.75) is 50.6 Å². The van der Waals surface area contributed by atoms with Gasteiger partial charge in [-0.15, -0.1) is 0 Å². The van der Waals surface area contributed by atoms with Gasteiger partial charge in [0.05, 0.1) is 0 Å². The van der Waals surface area contributed by atoms with Crippen LogP contribution in [0.1, 0.15) is 43.9 Å². The predicted molar refractivity (Wildman–Crippen MR) is 62.9 cm³/mol. The molecule has 1 aliphatic carbocycles. The van der Waals surface area contributed by atoms with E-state index < -0.39 is 0 Å². The van der Waals surface area contributed by atoms with Crippen LogP contribution in [0.4, 0.5) is 0 Å². The Bertz CT molecular complexity index is 379. The van der Waals surface area contributed by atoms with Gasteiger partial charge in [-0.3, -0.25) is 0 Å². The molecule has 15 heavy (non-hydrogen) atoms. The summed E-state index contributed by atoms with van der Waals surface area (Å²) in [6.45, 7) is 2.25. The molecule has 2 nitrogen and oxygen atoms in total.